The van der Waals surface area contributed by atoms with Crippen molar-refractivity contribution < 1.29 is 4.74 Å². The molecule has 0 amide bonds. The Hall–Kier alpha value is -2.89. The van der Waals surface area contributed by atoms with Gasteiger partial charge in [0.05, 0.1) is 12.8 Å². The minimum atomic E-state index is 0.716. The summed E-state index contributed by atoms with van der Waals surface area (Å²) in [5.41, 5.74) is 5.73. The number of halogens is 1. The molecule has 5 rings (SSSR count). The molecule has 3 heterocycles. The van der Waals surface area contributed by atoms with E-state index in [1.165, 1.54) is 16.5 Å². The van der Waals surface area contributed by atoms with Crippen LogP contribution in [0.5, 0.6) is 5.75 Å². The van der Waals surface area contributed by atoms with E-state index in [2.05, 4.69) is 33.2 Å². The minimum Gasteiger partial charge on any atom is -0.497 e. The largest absolute Gasteiger partial charge is 0.497 e. The van der Waals surface area contributed by atoms with E-state index in [-0.39, 0.29) is 0 Å². The van der Waals surface area contributed by atoms with Gasteiger partial charge in [-0.05, 0) is 60.0 Å². The summed E-state index contributed by atoms with van der Waals surface area (Å²) in [5, 5.41) is 1.92. The van der Waals surface area contributed by atoms with Gasteiger partial charge in [0.1, 0.15) is 5.75 Å². The molecule has 0 fully saturated rings. The van der Waals surface area contributed by atoms with Gasteiger partial charge < -0.3 is 9.72 Å². The molecule has 0 unspecified atom stereocenters. The lowest BCUT2D eigenvalue weighted by molar-refractivity contribution is 0.242. The highest BCUT2D eigenvalue weighted by atomic mass is 35.5. The van der Waals surface area contributed by atoms with Gasteiger partial charge in [0.25, 0.3) is 0 Å². The highest BCUT2D eigenvalue weighted by molar-refractivity contribution is 6.30. The summed E-state index contributed by atoms with van der Waals surface area (Å²) in [6.07, 6.45) is 5.03. The minimum absolute atomic E-state index is 0.716. The van der Waals surface area contributed by atoms with Crippen LogP contribution in [0.2, 0.25) is 5.02 Å². The third kappa shape index (κ3) is 3.59. The van der Waals surface area contributed by atoms with Crippen LogP contribution in [-0.2, 0) is 19.5 Å². The van der Waals surface area contributed by atoms with Gasteiger partial charge in [0.15, 0.2) is 5.82 Å². The Kier molecular flexibility index (Phi) is 4.70. The number of hydrogen-bond donors (Lipinski definition) is 1. The first-order chi connectivity index (χ1) is 14.2. The zero-order chi connectivity index (χ0) is 19.8. The maximum absolute atomic E-state index is 6.00. The maximum atomic E-state index is 6.00. The van der Waals surface area contributed by atoms with Crippen LogP contribution in [0.4, 0.5) is 0 Å². The summed E-state index contributed by atoms with van der Waals surface area (Å²) in [7, 11) is 1.70. The second-order valence-corrected chi connectivity index (χ2v) is 7.79. The van der Waals surface area contributed by atoms with Crippen molar-refractivity contribution in [1.29, 1.82) is 0 Å². The van der Waals surface area contributed by atoms with Crippen LogP contribution in [0.25, 0.3) is 22.3 Å². The molecule has 0 saturated carbocycles. The molecule has 0 spiro atoms. The molecular formula is C23H21ClN4O. The topological polar surface area (TPSA) is 54.0 Å². The average Bonchev–Trinajstić information content (AvgIpc) is 3.15. The first-order valence-corrected chi connectivity index (χ1v) is 10.0. The van der Waals surface area contributed by atoms with E-state index >= 15 is 0 Å². The molecule has 29 heavy (non-hydrogen) atoms. The lowest BCUT2D eigenvalue weighted by Gasteiger charge is -2.27. The smallest absolute Gasteiger partial charge is 0.159 e. The number of fused-ring (bicyclic) bond motifs is 2. The lowest BCUT2D eigenvalue weighted by atomic mass is 10.0. The van der Waals surface area contributed by atoms with E-state index in [1.54, 1.807) is 7.11 Å². The third-order valence-electron chi connectivity index (χ3n) is 5.50. The number of H-pyrrole nitrogens is 1. The van der Waals surface area contributed by atoms with Gasteiger partial charge in [-0.1, -0.05) is 11.6 Å². The molecule has 0 atom stereocenters. The van der Waals surface area contributed by atoms with Crippen molar-refractivity contribution in [3.8, 4) is 17.1 Å². The molecular weight excluding hydrogens is 384 g/mol. The molecule has 0 radical (unpaired) electrons. The number of aromatic amines is 1. The Morgan fingerprint density at radius 1 is 1.17 bits per heavy atom. The summed E-state index contributed by atoms with van der Waals surface area (Å²) in [4.78, 5) is 15.2. The van der Waals surface area contributed by atoms with Gasteiger partial charge in [-0.25, -0.2) is 9.97 Å². The Morgan fingerprint density at radius 2 is 2.03 bits per heavy atom. The molecule has 1 aliphatic heterocycles. The number of benzene rings is 2. The Morgan fingerprint density at radius 3 is 2.86 bits per heavy atom. The first-order valence-electron chi connectivity index (χ1n) is 9.67. The lowest BCUT2D eigenvalue weighted by Crippen LogP contribution is -2.31. The normalized spacial score (nSPS) is 14.1. The number of nitrogens with one attached hydrogen (secondary N) is 1. The number of aromatic nitrogens is 3. The molecule has 1 aliphatic rings. The van der Waals surface area contributed by atoms with Crippen LogP contribution in [0.3, 0.4) is 0 Å². The van der Waals surface area contributed by atoms with Crippen molar-refractivity contribution in [1.82, 2.24) is 19.9 Å². The highest BCUT2D eigenvalue weighted by Crippen LogP contribution is 2.27. The molecule has 1 N–H and O–H groups in total. The van der Waals surface area contributed by atoms with E-state index in [0.717, 1.165) is 54.4 Å². The van der Waals surface area contributed by atoms with Crippen LogP contribution in [0, 0.1) is 0 Å². The fourth-order valence-corrected chi connectivity index (χ4v) is 4.01. The van der Waals surface area contributed by atoms with Crippen LogP contribution < -0.4 is 4.74 Å². The van der Waals surface area contributed by atoms with Crippen LogP contribution in [0.15, 0.2) is 54.9 Å². The van der Waals surface area contributed by atoms with E-state index in [9.17, 15) is 0 Å². The molecule has 5 nitrogen and oxygen atoms in total. The van der Waals surface area contributed by atoms with Crippen molar-refractivity contribution in [3.63, 3.8) is 0 Å². The first kappa shape index (κ1) is 18.2. The zero-order valence-corrected chi connectivity index (χ0v) is 16.9. The Bertz CT molecular complexity index is 1170. The van der Waals surface area contributed by atoms with E-state index in [1.807, 2.05) is 36.5 Å². The fourth-order valence-electron chi connectivity index (χ4n) is 3.89. The SMILES string of the molecule is COc1ccc2[nH]cc(CN3CCc4cnc(-c5ccc(Cl)cc5)nc4C3)c2c1. The standard InChI is InChI=1S/C23H21ClN4O/c1-29-19-6-7-21-20(10-19)17(12-25-21)13-28-9-8-16-11-26-23(27-22(16)14-28)15-2-4-18(24)5-3-15/h2-7,10-12,25H,8-9,13-14H2,1H3. The average molecular weight is 405 g/mol. The van der Waals surface area contributed by atoms with E-state index < -0.39 is 0 Å². The molecule has 0 aliphatic carbocycles. The molecule has 2 aromatic carbocycles. The van der Waals surface area contributed by atoms with Crippen molar-refractivity contribution >= 4 is 22.5 Å². The number of rotatable bonds is 4. The molecule has 4 aromatic rings. The number of methoxy groups -OCH3 is 1. The summed E-state index contributed by atoms with van der Waals surface area (Å²) >= 11 is 6.00. The van der Waals surface area contributed by atoms with Gasteiger partial charge in [0.2, 0.25) is 0 Å². The van der Waals surface area contributed by atoms with Gasteiger partial charge in [0, 0.05) is 53.5 Å². The van der Waals surface area contributed by atoms with Crippen molar-refractivity contribution in [2.75, 3.05) is 13.7 Å². The number of ether oxygens (including phenoxy) is 1. The summed E-state index contributed by atoms with van der Waals surface area (Å²) in [5.74, 6) is 1.63. The molecule has 146 valence electrons. The highest BCUT2D eigenvalue weighted by Gasteiger charge is 2.20. The molecule has 6 heteroatoms. The van der Waals surface area contributed by atoms with Crippen molar-refractivity contribution in [3.05, 3.63) is 76.7 Å². The van der Waals surface area contributed by atoms with Crippen molar-refractivity contribution in [2.24, 2.45) is 0 Å². The maximum Gasteiger partial charge on any atom is 0.159 e. The van der Waals surface area contributed by atoms with Crippen LogP contribution in [0.1, 0.15) is 16.8 Å². The van der Waals surface area contributed by atoms with Gasteiger partial charge in [-0.15, -0.1) is 0 Å². The molecule has 2 aromatic heterocycles. The molecule has 0 bridgehead atoms. The Labute approximate surface area is 174 Å². The van der Waals surface area contributed by atoms with Crippen LogP contribution >= 0.6 is 11.6 Å². The van der Waals surface area contributed by atoms with E-state index in [4.69, 9.17) is 21.3 Å². The predicted molar refractivity (Wildman–Crippen MR) is 115 cm³/mol. The monoisotopic (exact) mass is 404 g/mol. The third-order valence-corrected chi connectivity index (χ3v) is 5.75. The predicted octanol–water partition coefficient (Wildman–Crippen LogP) is 4.85. The van der Waals surface area contributed by atoms with E-state index in [0.29, 0.717) is 5.02 Å². The van der Waals surface area contributed by atoms with Gasteiger partial charge in [-0.3, -0.25) is 4.90 Å². The zero-order valence-electron chi connectivity index (χ0n) is 16.2. The van der Waals surface area contributed by atoms with Gasteiger partial charge in [-0.2, -0.15) is 0 Å². The second-order valence-electron chi connectivity index (χ2n) is 7.36. The summed E-state index contributed by atoms with van der Waals surface area (Å²) < 4.78 is 5.39. The molecule has 0 saturated heterocycles. The van der Waals surface area contributed by atoms with Crippen molar-refractivity contribution in [2.45, 2.75) is 19.5 Å². The Balaban J connectivity index is 1.39. The number of hydrogen-bond acceptors (Lipinski definition) is 4. The second kappa shape index (κ2) is 7.50. The quantitative estimate of drug-likeness (QED) is 0.528. The number of nitrogens with zero attached hydrogens (tertiary/aromatic N) is 3. The summed E-state index contributed by atoms with van der Waals surface area (Å²) in [6, 6.07) is 13.8. The van der Waals surface area contributed by atoms with Gasteiger partial charge >= 0.3 is 0 Å². The fraction of sp³-hybridized carbons (Fsp3) is 0.217. The summed E-state index contributed by atoms with van der Waals surface area (Å²) in [6.45, 7) is 2.68. The van der Waals surface area contributed by atoms with Crippen LogP contribution in [-0.4, -0.2) is 33.5 Å².